The molecule has 0 bridgehead atoms. The maximum absolute atomic E-state index is 2.56. The Kier molecular flexibility index (Phi) is 2.41. The van der Waals surface area contributed by atoms with Crippen LogP contribution in [0.25, 0.3) is 0 Å². The smallest absolute Gasteiger partial charge is 0.0667 e. The molecule has 0 unspecified atom stereocenters. The molecule has 0 spiro atoms. The Morgan fingerprint density at radius 1 is 1.18 bits per heavy atom. The number of allylic oxidation sites excluding steroid dienone is 1. The van der Waals surface area contributed by atoms with Crippen molar-refractivity contribution in [2.75, 3.05) is 18.8 Å². The average Bonchev–Trinajstić information content (AvgIpc) is 2.58. The Balaban J connectivity index is 1.92. The third-order valence-corrected chi connectivity index (χ3v) is 3.51. The molecule has 0 aromatic rings. The van der Waals surface area contributed by atoms with Crippen LogP contribution in [0.3, 0.4) is 0 Å². The van der Waals surface area contributed by atoms with Crippen molar-refractivity contribution in [2.24, 2.45) is 0 Å². The summed E-state index contributed by atoms with van der Waals surface area (Å²) in [5, 5.41) is 1.56. The molecule has 0 radical (unpaired) electrons. The average molecular weight is 169 g/mol. The fourth-order valence-electron chi connectivity index (χ4n) is 1.74. The van der Waals surface area contributed by atoms with E-state index in [4.69, 9.17) is 0 Å². The standard InChI is InChI=1S/C9H15NS/c1-2-6-10(7-3-1)9-5-4-8-11-9/h5H,1-4,6-8H2. The van der Waals surface area contributed by atoms with E-state index in [2.05, 4.69) is 11.0 Å². The topological polar surface area (TPSA) is 3.24 Å². The van der Waals surface area contributed by atoms with Gasteiger partial charge in [0, 0.05) is 18.8 Å². The van der Waals surface area contributed by atoms with Gasteiger partial charge in [0.2, 0.25) is 0 Å². The van der Waals surface area contributed by atoms with E-state index in [9.17, 15) is 0 Å². The third kappa shape index (κ3) is 1.73. The summed E-state index contributed by atoms with van der Waals surface area (Å²) in [5.41, 5.74) is 0. The summed E-state index contributed by atoms with van der Waals surface area (Å²) in [4.78, 5) is 2.56. The number of likely N-dealkylation sites (tertiary alicyclic amines) is 1. The van der Waals surface area contributed by atoms with E-state index in [-0.39, 0.29) is 0 Å². The second-order valence-electron chi connectivity index (χ2n) is 3.23. The molecule has 0 aliphatic carbocycles. The van der Waals surface area contributed by atoms with Crippen molar-refractivity contribution in [1.82, 2.24) is 4.90 Å². The molecule has 62 valence electrons. The van der Waals surface area contributed by atoms with Crippen LogP contribution in [0.2, 0.25) is 0 Å². The van der Waals surface area contributed by atoms with Crippen LogP contribution in [0.15, 0.2) is 11.1 Å². The Labute approximate surface area is 72.8 Å². The number of nitrogens with zero attached hydrogens (tertiary/aromatic N) is 1. The maximum Gasteiger partial charge on any atom is 0.0667 e. The fraction of sp³-hybridized carbons (Fsp3) is 0.778. The molecule has 0 saturated carbocycles. The van der Waals surface area contributed by atoms with Gasteiger partial charge in [-0.1, -0.05) is 6.08 Å². The SMILES string of the molecule is C1=C(N2CCCCC2)SCC1. The highest BCUT2D eigenvalue weighted by atomic mass is 32.2. The van der Waals surface area contributed by atoms with Gasteiger partial charge in [-0.05, 0) is 25.7 Å². The number of thioether (sulfide) groups is 1. The summed E-state index contributed by atoms with van der Waals surface area (Å²) in [5.74, 6) is 1.31. The molecule has 2 heterocycles. The van der Waals surface area contributed by atoms with Gasteiger partial charge >= 0.3 is 0 Å². The zero-order valence-corrected chi connectivity index (χ0v) is 7.70. The van der Waals surface area contributed by atoms with E-state index in [0.29, 0.717) is 0 Å². The first-order valence-corrected chi connectivity index (χ1v) is 5.53. The molecule has 0 atom stereocenters. The molecule has 2 aliphatic heterocycles. The lowest BCUT2D eigenvalue weighted by Crippen LogP contribution is -2.27. The Hall–Kier alpha value is -0.110. The minimum Gasteiger partial charge on any atom is -0.367 e. The van der Waals surface area contributed by atoms with Crippen molar-refractivity contribution in [3.63, 3.8) is 0 Å². The Bertz CT molecular complexity index is 159. The van der Waals surface area contributed by atoms with E-state index in [1.165, 1.54) is 44.5 Å². The molecule has 2 rings (SSSR count). The molecule has 0 aromatic carbocycles. The minimum atomic E-state index is 1.29. The first kappa shape index (κ1) is 7.53. The van der Waals surface area contributed by atoms with Crippen LogP contribution >= 0.6 is 11.8 Å². The lowest BCUT2D eigenvalue weighted by Gasteiger charge is -2.29. The van der Waals surface area contributed by atoms with Gasteiger partial charge in [0.15, 0.2) is 0 Å². The second-order valence-corrected chi connectivity index (χ2v) is 4.34. The van der Waals surface area contributed by atoms with Crippen molar-refractivity contribution < 1.29 is 0 Å². The lowest BCUT2D eigenvalue weighted by molar-refractivity contribution is 0.303. The maximum atomic E-state index is 2.56. The van der Waals surface area contributed by atoms with Crippen molar-refractivity contribution in [3.8, 4) is 0 Å². The molecule has 2 aliphatic rings. The van der Waals surface area contributed by atoms with Gasteiger partial charge in [0.05, 0.1) is 5.03 Å². The zero-order chi connectivity index (χ0) is 7.52. The Morgan fingerprint density at radius 3 is 2.64 bits per heavy atom. The minimum absolute atomic E-state index is 1.29. The number of hydrogen-bond donors (Lipinski definition) is 0. The predicted octanol–water partition coefficient (Wildman–Crippen LogP) is 2.45. The summed E-state index contributed by atoms with van der Waals surface area (Å²) in [6.07, 6.45) is 7.93. The van der Waals surface area contributed by atoms with Crippen LogP contribution in [0.1, 0.15) is 25.7 Å². The molecule has 0 amide bonds. The zero-order valence-electron chi connectivity index (χ0n) is 6.88. The second kappa shape index (κ2) is 3.53. The van der Waals surface area contributed by atoms with Crippen molar-refractivity contribution in [1.29, 1.82) is 0 Å². The third-order valence-electron chi connectivity index (χ3n) is 2.35. The van der Waals surface area contributed by atoms with Gasteiger partial charge in [0.1, 0.15) is 0 Å². The number of rotatable bonds is 1. The molecule has 1 nitrogen and oxygen atoms in total. The van der Waals surface area contributed by atoms with Crippen molar-refractivity contribution in [2.45, 2.75) is 25.7 Å². The molecule has 0 aromatic heterocycles. The van der Waals surface area contributed by atoms with Crippen LogP contribution in [0, 0.1) is 0 Å². The number of hydrogen-bond acceptors (Lipinski definition) is 2. The van der Waals surface area contributed by atoms with Crippen LogP contribution in [0.5, 0.6) is 0 Å². The van der Waals surface area contributed by atoms with E-state index in [0.717, 1.165) is 0 Å². The highest BCUT2D eigenvalue weighted by molar-refractivity contribution is 8.03. The molecule has 1 fully saturated rings. The predicted molar refractivity (Wildman–Crippen MR) is 50.6 cm³/mol. The summed E-state index contributed by atoms with van der Waals surface area (Å²) in [6.45, 7) is 2.61. The van der Waals surface area contributed by atoms with Crippen LogP contribution in [0.4, 0.5) is 0 Å². The molecule has 1 saturated heterocycles. The quantitative estimate of drug-likeness (QED) is 0.593. The monoisotopic (exact) mass is 169 g/mol. The number of piperidine rings is 1. The van der Waals surface area contributed by atoms with E-state index >= 15 is 0 Å². The van der Waals surface area contributed by atoms with Crippen LogP contribution in [-0.4, -0.2) is 23.7 Å². The van der Waals surface area contributed by atoms with Crippen molar-refractivity contribution in [3.05, 3.63) is 11.1 Å². The van der Waals surface area contributed by atoms with Gasteiger partial charge in [-0.2, -0.15) is 0 Å². The summed E-state index contributed by atoms with van der Waals surface area (Å²) in [6, 6.07) is 0. The van der Waals surface area contributed by atoms with Crippen LogP contribution in [-0.2, 0) is 0 Å². The normalized spacial score (nSPS) is 25.5. The first-order chi connectivity index (χ1) is 5.47. The van der Waals surface area contributed by atoms with Gasteiger partial charge in [-0.15, -0.1) is 11.8 Å². The van der Waals surface area contributed by atoms with E-state index < -0.39 is 0 Å². The molecule has 11 heavy (non-hydrogen) atoms. The summed E-state index contributed by atoms with van der Waals surface area (Å²) >= 11 is 2.04. The van der Waals surface area contributed by atoms with Gasteiger partial charge < -0.3 is 4.90 Å². The van der Waals surface area contributed by atoms with E-state index in [1.807, 2.05) is 11.8 Å². The fourth-order valence-corrected chi connectivity index (χ4v) is 2.79. The van der Waals surface area contributed by atoms with Crippen LogP contribution < -0.4 is 0 Å². The molecule has 0 N–H and O–H groups in total. The highest BCUT2D eigenvalue weighted by Gasteiger charge is 2.15. The van der Waals surface area contributed by atoms with Crippen molar-refractivity contribution >= 4 is 11.8 Å². The highest BCUT2D eigenvalue weighted by Crippen LogP contribution is 2.29. The van der Waals surface area contributed by atoms with Gasteiger partial charge in [-0.25, -0.2) is 0 Å². The van der Waals surface area contributed by atoms with Gasteiger partial charge in [0.25, 0.3) is 0 Å². The van der Waals surface area contributed by atoms with E-state index in [1.54, 1.807) is 5.03 Å². The first-order valence-electron chi connectivity index (χ1n) is 4.55. The Morgan fingerprint density at radius 2 is 2.00 bits per heavy atom. The molecular formula is C9H15NS. The van der Waals surface area contributed by atoms with Gasteiger partial charge in [-0.3, -0.25) is 0 Å². The largest absolute Gasteiger partial charge is 0.367 e. The lowest BCUT2D eigenvalue weighted by atomic mass is 10.1. The molecular weight excluding hydrogens is 154 g/mol. The summed E-state index contributed by atoms with van der Waals surface area (Å²) in [7, 11) is 0. The molecule has 2 heteroatoms. The summed E-state index contributed by atoms with van der Waals surface area (Å²) < 4.78 is 0.